The molecule has 1 N–H and O–H groups in total. The highest BCUT2D eigenvalue weighted by Gasteiger charge is 2.27. The second kappa shape index (κ2) is 7.63. The molecule has 1 fully saturated rings. The van der Waals surface area contributed by atoms with Gasteiger partial charge < -0.3 is 15.0 Å². The average molecular weight is 304 g/mol. The van der Waals surface area contributed by atoms with Crippen molar-refractivity contribution in [2.45, 2.75) is 45.8 Å². The molecule has 1 heterocycles. The summed E-state index contributed by atoms with van der Waals surface area (Å²) in [5.74, 6) is 0.505. The Kier molecular flexibility index (Phi) is 5.83. The molecule has 0 spiro atoms. The maximum absolute atomic E-state index is 12.1. The van der Waals surface area contributed by atoms with Crippen molar-refractivity contribution < 1.29 is 9.53 Å². The van der Waals surface area contributed by atoms with Crippen LogP contribution in [0.25, 0.3) is 0 Å². The molecule has 1 amide bonds. The molecular weight excluding hydrogens is 276 g/mol. The number of amides is 1. The number of carbonyl (C=O) groups is 1. The van der Waals surface area contributed by atoms with Gasteiger partial charge in [0.15, 0.2) is 0 Å². The van der Waals surface area contributed by atoms with Gasteiger partial charge in [-0.05, 0) is 51.6 Å². The molecule has 1 aliphatic heterocycles. The molecule has 1 saturated heterocycles. The number of ether oxygens (including phenoxy) is 1. The Balaban J connectivity index is 1.75. The maximum atomic E-state index is 12.1. The lowest BCUT2D eigenvalue weighted by Crippen LogP contribution is -2.44. The van der Waals surface area contributed by atoms with Crippen LogP contribution in [-0.2, 0) is 11.3 Å². The van der Waals surface area contributed by atoms with E-state index in [-0.39, 0.29) is 6.09 Å². The lowest BCUT2D eigenvalue weighted by molar-refractivity contribution is 0.0166. The smallest absolute Gasteiger partial charge is 0.410 e. The molecule has 0 saturated carbocycles. The Bertz CT molecular complexity index is 468. The van der Waals surface area contributed by atoms with E-state index < -0.39 is 5.60 Å². The highest BCUT2D eigenvalue weighted by Crippen LogP contribution is 2.19. The first-order valence-corrected chi connectivity index (χ1v) is 8.16. The molecule has 0 aromatic heterocycles. The molecule has 1 unspecified atom stereocenters. The van der Waals surface area contributed by atoms with Crippen molar-refractivity contribution in [3.63, 3.8) is 0 Å². The summed E-state index contributed by atoms with van der Waals surface area (Å²) in [4.78, 5) is 14.0. The van der Waals surface area contributed by atoms with Gasteiger partial charge in [0.2, 0.25) is 0 Å². The molecule has 22 heavy (non-hydrogen) atoms. The largest absolute Gasteiger partial charge is 0.444 e. The van der Waals surface area contributed by atoms with E-state index in [4.69, 9.17) is 4.74 Å². The number of rotatable bonds is 4. The van der Waals surface area contributed by atoms with Crippen LogP contribution in [0.4, 0.5) is 4.79 Å². The predicted octanol–water partition coefficient (Wildman–Crippen LogP) is 3.42. The minimum Gasteiger partial charge on any atom is -0.444 e. The van der Waals surface area contributed by atoms with Crippen LogP contribution in [0.15, 0.2) is 30.3 Å². The van der Waals surface area contributed by atoms with Gasteiger partial charge in [0, 0.05) is 19.6 Å². The van der Waals surface area contributed by atoms with Crippen molar-refractivity contribution in [1.29, 1.82) is 0 Å². The number of hydrogen-bond donors (Lipinski definition) is 1. The quantitative estimate of drug-likeness (QED) is 0.926. The van der Waals surface area contributed by atoms with E-state index in [1.807, 2.05) is 31.7 Å². The van der Waals surface area contributed by atoms with Gasteiger partial charge in [0.05, 0.1) is 0 Å². The number of hydrogen-bond acceptors (Lipinski definition) is 3. The van der Waals surface area contributed by atoms with E-state index in [1.165, 1.54) is 12.0 Å². The van der Waals surface area contributed by atoms with Crippen molar-refractivity contribution in [2.75, 3.05) is 19.6 Å². The fraction of sp³-hybridized carbons (Fsp3) is 0.611. The number of nitrogens with zero attached hydrogens (tertiary/aromatic N) is 1. The summed E-state index contributed by atoms with van der Waals surface area (Å²) in [7, 11) is 0. The first-order valence-electron chi connectivity index (χ1n) is 8.16. The predicted molar refractivity (Wildman–Crippen MR) is 88.7 cm³/mol. The van der Waals surface area contributed by atoms with Gasteiger partial charge in [-0.25, -0.2) is 4.79 Å². The highest BCUT2D eigenvalue weighted by molar-refractivity contribution is 5.68. The first-order chi connectivity index (χ1) is 10.4. The Morgan fingerprint density at radius 1 is 1.32 bits per heavy atom. The first kappa shape index (κ1) is 16.8. The SMILES string of the molecule is CC(C)(C)OC(=O)N1CCCC(CNCc2ccccc2)C1. The number of carbonyl (C=O) groups excluding carboxylic acids is 1. The summed E-state index contributed by atoms with van der Waals surface area (Å²) in [6.07, 6.45) is 2.04. The van der Waals surface area contributed by atoms with Crippen molar-refractivity contribution in [1.82, 2.24) is 10.2 Å². The molecule has 1 aliphatic rings. The summed E-state index contributed by atoms with van der Waals surface area (Å²) in [6, 6.07) is 10.4. The second-order valence-electron chi connectivity index (χ2n) is 7.05. The molecule has 0 aliphatic carbocycles. The van der Waals surface area contributed by atoms with Gasteiger partial charge in [-0.15, -0.1) is 0 Å². The van der Waals surface area contributed by atoms with Crippen LogP contribution >= 0.6 is 0 Å². The van der Waals surface area contributed by atoms with Gasteiger partial charge in [0.25, 0.3) is 0 Å². The third-order valence-electron chi connectivity index (χ3n) is 3.78. The molecule has 1 atom stereocenters. The monoisotopic (exact) mass is 304 g/mol. The molecular formula is C18H28N2O2. The summed E-state index contributed by atoms with van der Waals surface area (Å²) in [5, 5.41) is 3.50. The maximum Gasteiger partial charge on any atom is 0.410 e. The fourth-order valence-electron chi connectivity index (χ4n) is 2.74. The van der Waals surface area contributed by atoms with E-state index in [9.17, 15) is 4.79 Å². The Hall–Kier alpha value is -1.55. The third-order valence-corrected chi connectivity index (χ3v) is 3.78. The molecule has 122 valence electrons. The molecule has 1 aromatic carbocycles. The van der Waals surface area contributed by atoms with E-state index in [2.05, 4.69) is 29.6 Å². The van der Waals surface area contributed by atoms with Crippen LogP contribution in [0.1, 0.15) is 39.2 Å². The van der Waals surface area contributed by atoms with Crippen LogP contribution in [-0.4, -0.2) is 36.2 Å². The van der Waals surface area contributed by atoms with Gasteiger partial charge in [-0.1, -0.05) is 30.3 Å². The zero-order valence-corrected chi connectivity index (χ0v) is 14.0. The summed E-state index contributed by atoms with van der Waals surface area (Å²) < 4.78 is 5.47. The van der Waals surface area contributed by atoms with Crippen LogP contribution in [0, 0.1) is 5.92 Å². The van der Waals surface area contributed by atoms with E-state index in [1.54, 1.807) is 0 Å². The molecule has 0 bridgehead atoms. The van der Waals surface area contributed by atoms with Crippen molar-refractivity contribution in [3.8, 4) is 0 Å². The third kappa shape index (κ3) is 5.68. The number of benzene rings is 1. The minimum absolute atomic E-state index is 0.180. The van der Waals surface area contributed by atoms with Crippen molar-refractivity contribution in [2.24, 2.45) is 5.92 Å². The normalized spacial score (nSPS) is 19.0. The topological polar surface area (TPSA) is 41.6 Å². The molecule has 0 radical (unpaired) electrons. The number of piperidine rings is 1. The minimum atomic E-state index is -0.421. The van der Waals surface area contributed by atoms with Crippen LogP contribution < -0.4 is 5.32 Å². The Morgan fingerprint density at radius 2 is 2.05 bits per heavy atom. The van der Waals surface area contributed by atoms with Gasteiger partial charge in [0.1, 0.15) is 5.60 Å². The Morgan fingerprint density at radius 3 is 2.73 bits per heavy atom. The van der Waals surface area contributed by atoms with Gasteiger partial charge in [-0.2, -0.15) is 0 Å². The summed E-state index contributed by atoms with van der Waals surface area (Å²) in [6.45, 7) is 9.15. The molecule has 4 nitrogen and oxygen atoms in total. The number of nitrogens with one attached hydrogen (secondary N) is 1. The lowest BCUT2D eigenvalue weighted by atomic mass is 9.98. The molecule has 4 heteroatoms. The van der Waals surface area contributed by atoms with Gasteiger partial charge in [-0.3, -0.25) is 0 Å². The fourth-order valence-corrected chi connectivity index (χ4v) is 2.74. The zero-order valence-electron chi connectivity index (χ0n) is 14.0. The van der Waals surface area contributed by atoms with Crippen molar-refractivity contribution in [3.05, 3.63) is 35.9 Å². The average Bonchev–Trinajstić information content (AvgIpc) is 2.47. The van der Waals surface area contributed by atoms with E-state index >= 15 is 0 Å². The highest BCUT2D eigenvalue weighted by atomic mass is 16.6. The van der Waals surface area contributed by atoms with E-state index in [0.29, 0.717) is 5.92 Å². The lowest BCUT2D eigenvalue weighted by Gasteiger charge is -2.34. The van der Waals surface area contributed by atoms with E-state index in [0.717, 1.165) is 32.6 Å². The second-order valence-corrected chi connectivity index (χ2v) is 7.05. The molecule has 2 rings (SSSR count). The van der Waals surface area contributed by atoms with Crippen LogP contribution in [0.3, 0.4) is 0 Å². The van der Waals surface area contributed by atoms with Crippen molar-refractivity contribution >= 4 is 6.09 Å². The summed E-state index contributed by atoms with van der Waals surface area (Å²) in [5.41, 5.74) is 0.873. The number of likely N-dealkylation sites (tertiary alicyclic amines) is 1. The standard InChI is InChI=1S/C18H28N2O2/c1-18(2,3)22-17(21)20-11-7-10-16(14-20)13-19-12-15-8-5-4-6-9-15/h4-6,8-9,16,19H,7,10-14H2,1-3H3. The summed E-state index contributed by atoms with van der Waals surface area (Å²) >= 11 is 0. The van der Waals surface area contributed by atoms with Gasteiger partial charge >= 0.3 is 6.09 Å². The molecule has 1 aromatic rings. The zero-order chi connectivity index (χ0) is 16.0. The Labute approximate surface area is 133 Å². The van der Waals surface area contributed by atoms with Crippen LogP contribution in [0.2, 0.25) is 0 Å². The van der Waals surface area contributed by atoms with Crippen LogP contribution in [0.5, 0.6) is 0 Å².